The minimum Gasteiger partial charge on any atom is -0.482 e. The molecule has 172 valence electrons. The highest BCUT2D eigenvalue weighted by Crippen LogP contribution is 2.64. The largest absolute Gasteiger partial charge is 0.482 e. The number of allylic oxidation sites excluding steroid dienone is 1. The fourth-order valence-electron chi connectivity index (χ4n) is 7.56. The van der Waals surface area contributed by atoms with Crippen molar-refractivity contribution in [1.29, 1.82) is 0 Å². The topological polar surface area (TPSA) is 68.1 Å². The molecule has 1 N–H and O–H groups in total. The first-order valence-electron chi connectivity index (χ1n) is 12.2. The molecule has 4 aliphatic carbocycles. The molecule has 32 heavy (non-hydrogen) atoms. The minimum absolute atomic E-state index is 0.0451. The van der Waals surface area contributed by atoms with Crippen LogP contribution in [-0.2, 0) is 9.53 Å². The number of carbonyl (C=O) groups excluding carboxylic acids is 1. The Kier molecular flexibility index (Phi) is 5.55. The van der Waals surface area contributed by atoms with E-state index >= 15 is 0 Å². The van der Waals surface area contributed by atoms with E-state index in [4.69, 9.17) is 9.47 Å². The SMILES string of the molecule is C[C@]12CCC(OC(=O)COc3ccccc3)CC1=CC[C@@H]1[C@H]2CC[C@]2(C)C(=NO)CC[C@@H]12. The van der Waals surface area contributed by atoms with Crippen molar-refractivity contribution in [1.82, 2.24) is 0 Å². The summed E-state index contributed by atoms with van der Waals surface area (Å²) in [5.74, 6) is 2.36. The Morgan fingerprint density at radius 1 is 1.09 bits per heavy atom. The van der Waals surface area contributed by atoms with Crippen LogP contribution >= 0.6 is 0 Å². The fourth-order valence-corrected chi connectivity index (χ4v) is 7.56. The van der Waals surface area contributed by atoms with Gasteiger partial charge in [-0.15, -0.1) is 0 Å². The van der Waals surface area contributed by atoms with Crippen molar-refractivity contribution in [3.05, 3.63) is 42.0 Å². The summed E-state index contributed by atoms with van der Waals surface area (Å²) < 4.78 is 11.4. The van der Waals surface area contributed by atoms with Gasteiger partial charge in [0.15, 0.2) is 6.61 Å². The molecule has 0 aromatic heterocycles. The number of rotatable bonds is 4. The molecule has 0 saturated heterocycles. The number of carbonyl (C=O) groups is 1. The Bertz CT molecular complexity index is 925. The summed E-state index contributed by atoms with van der Waals surface area (Å²) in [6.45, 7) is 4.73. The Morgan fingerprint density at radius 2 is 1.84 bits per heavy atom. The van der Waals surface area contributed by atoms with Gasteiger partial charge < -0.3 is 14.7 Å². The van der Waals surface area contributed by atoms with Gasteiger partial charge in [-0.05, 0) is 80.2 Å². The second-order valence-electron chi connectivity index (χ2n) is 10.8. The first kappa shape index (κ1) is 21.5. The third-order valence-corrected chi connectivity index (χ3v) is 9.32. The second-order valence-corrected chi connectivity index (χ2v) is 10.8. The Balaban J connectivity index is 1.23. The number of esters is 1. The van der Waals surface area contributed by atoms with Gasteiger partial charge in [0.1, 0.15) is 11.9 Å². The molecule has 1 unspecified atom stereocenters. The van der Waals surface area contributed by atoms with Gasteiger partial charge >= 0.3 is 5.97 Å². The molecule has 5 nitrogen and oxygen atoms in total. The molecule has 6 atom stereocenters. The van der Waals surface area contributed by atoms with Gasteiger partial charge in [-0.25, -0.2) is 4.79 Å². The van der Waals surface area contributed by atoms with Crippen LogP contribution in [0.3, 0.4) is 0 Å². The van der Waals surface area contributed by atoms with Crippen molar-refractivity contribution in [2.75, 3.05) is 6.61 Å². The molecule has 5 rings (SSSR count). The van der Waals surface area contributed by atoms with Gasteiger partial charge in [0.05, 0.1) is 5.71 Å². The van der Waals surface area contributed by atoms with Crippen molar-refractivity contribution in [3.63, 3.8) is 0 Å². The van der Waals surface area contributed by atoms with E-state index in [9.17, 15) is 10.0 Å². The number of oxime groups is 1. The summed E-state index contributed by atoms with van der Waals surface area (Å²) in [7, 11) is 0. The number of nitrogens with zero attached hydrogens (tertiary/aromatic N) is 1. The number of fused-ring (bicyclic) bond motifs is 5. The van der Waals surface area contributed by atoms with Gasteiger partial charge in [0.2, 0.25) is 0 Å². The Hall–Kier alpha value is -2.30. The van der Waals surface area contributed by atoms with Crippen molar-refractivity contribution in [2.24, 2.45) is 33.7 Å². The van der Waals surface area contributed by atoms with Crippen molar-refractivity contribution >= 4 is 11.7 Å². The van der Waals surface area contributed by atoms with Gasteiger partial charge in [0.25, 0.3) is 0 Å². The summed E-state index contributed by atoms with van der Waals surface area (Å²) in [5, 5.41) is 13.2. The van der Waals surface area contributed by atoms with Gasteiger partial charge in [-0.3, -0.25) is 0 Å². The quantitative estimate of drug-likeness (QED) is 0.281. The van der Waals surface area contributed by atoms with Crippen molar-refractivity contribution in [2.45, 2.75) is 71.3 Å². The molecule has 0 radical (unpaired) electrons. The van der Waals surface area contributed by atoms with Crippen LogP contribution in [-0.4, -0.2) is 29.6 Å². The summed E-state index contributed by atoms with van der Waals surface area (Å²) in [4.78, 5) is 12.4. The van der Waals surface area contributed by atoms with Crippen LogP contribution in [0.1, 0.15) is 65.2 Å². The molecule has 0 amide bonds. The molecular weight excluding hydrogens is 402 g/mol. The zero-order valence-electron chi connectivity index (χ0n) is 19.3. The number of benzene rings is 1. The van der Waals surface area contributed by atoms with Crippen LogP contribution in [0.2, 0.25) is 0 Å². The van der Waals surface area contributed by atoms with E-state index < -0.39 is 0 Å². The van der Waals surface area contributed by atoms with E-state index in [1.165, 1.54) is 12.0 Å². The molecular formula is C27H35NO4. The van der Waals surface area contributed by atoms with Crippen LogP contribution in [0.4, 0.5) is 0 Å². The molecule has 4 aliphatic rings. The molecule has 0 spiro atoms. The first-order valence-corrected chi connectivity index (χ1v) is 12.2. The van der Waals surface area contributed by atoms with Crippen molar-refractivity contribution in [3.8, 4) is 5.75 Å². The van der Waals surface area contributed by atoms with Crippen LogP contribution in [0.5, 0.6) is 5.75 Å². The summed E-state index contributed by atoms with van der Waals surface area (Å²) in [6.07, 6.45) is 10.8. The highest BCUT2D eigenvalue weighted by atomic mass is 16.6. The third-order valence-electron chi connectivity index (χ3n) is 9.32. The van der Waals surface area contributed by atoms with Crippen LogP contribution < -0.4 is 4.74 Å². The number of para-hydroxylation sites is 1. The first-order chi connectivity index (χ1) is 15.4. The molecule has 1 aromatic rings. The number of hydrogen-bond acceptors (Lipinski definition) is 5. The lowest BCUT2D eigenvalue weighted by molar-refractivity contribution is -0.153. The van der Waals surface area contributed by atoms with Crippen LogP contribution in [0.25, 0.3) is 0 Å². The van der Waals surface area contributed by atoms with Gasteiger partial charge in [-0.2, -0.15) is 0 Å². The van der Waals surface area contributed by atoms with Crippen LogP contribution in [0.15, 0.2) is 47.1 Å². The summed E-state index contributed by atoms with van der Waals surface area (Å²) >= 11 is 0. The summed E-state index contributed by atoms with van der Waals surface area (Å²) in [5.41, 5.74) is 2.79. The number of ether oxygens (including phenoxy) is 2. The van der Waals surface area contributed by atoms with E-state index in [1.807, 2.05) is 30.3 Å². The van der Waals surface area contributed by atoms with E-state index in [0.29, 0.717) is 23.5 Å². The average Bonchev–Trinajstić information content (AvgIpc) is 3.15. The zero-order chi connectivity index (χ0) is 22.3. The molecule has 3 saturated carbocycles. The molecule has 3 fully saturated rings. The summed E-state index contributed by atoms with van der Waals surface area (Å²) in [6, 6.07) is 9.39. The van der Waals surface area contributed by atoms with E-state index in [0.717, 1.165) is 50.7 Å². The second kappa shape index (κ2) is 8.24. The highest BCUT2D eigenvalue weighted by molar-refractivity contribution is 5.92. The molecule has 5 heteroatoms. The van der Waals surface area contributed by atoms with E-state index in [2.05, 4.69) is 25.1 Å². The predicted octanol–water partition coefficient (Wildman–Crippen LogP) is 5.77. The standard InChI is InChI=1S/C27H35NO4/c1-26-14-12-20(32-25(29)17-31-19-6-4-3-5-7-19)16-18(26)8-9-21-22-10-11-24(28-30)27(22,2)15-13-23(21)26/h3-8,20-23,30H,9-17H2,1-2H3/t20?,21-,22-,23+,26-,27-/m0/s1. The Labute approximate surface area is 190 Å². The smallest absolute Gasteiger partial charge is 0.344 e. The minimum atomic E-state index is -0.285. The van der Waals surface area contributed by atoms with Gasteiger partial charge in [-0.1, -0.05) is 48.9 Å². The zero-order valence-corrected chi connectivity index (χ0v) is 19.3. The monoisotopic (exact) mass is 437 g/mol. The third kappa shape index (κ3) is 3.54. The molecule has 1 aromatic carbocycles. The molecule has 0 aliphatic heterocycles. The maximum absolute atomic E-state index is 12.4. The lowest BCUT2D eigenvalue weighted by Gasteiger charge is -2.57. The van der Waals surface area contributed by atoms with E-state index in [1.54, 1.807) is 0 Å². The lowest BCUT2D eigenvalue weighted by atomic mass is 9.48. The average molecular weight is 438 g/mol. The maximum Gasteiger partial charge on any atom is 0.344 e. The normalized spacial score (nSPS) is 39.4. The Morgan fingerprint density at radius 3 is 2.62 bits per heavy atom. The predicted molar refractivity (Wildman–Crippen MR) is 123 cm³/mol. The maximum atomic E-state index is 12.4. The van der Waals surface area contributed by atoms with Crippen molar-refractivity contribution < 1.29 is 19.5 Å². The number of hydrogen-bond donors (Lipinski definition) is 1. The van der Waals surface area contributed by atoms with Crippen LogP contribution in [0, 0.1) is 28.6 Å². The van der Waals surface area contributed by atoms with E-state index in [-0.39, 0.29) is 29.5 Å². The highest BCUT2D eigenvalue weighted by Gasteiger charge is 2.58. The fraction of sp³-hybridized carbons (Fsp3) is 0.630. The van der Waals surface area contributed by atoms with Gasteiger partial charge in [0, 0.05) is 11.8 Å². The lowest BCUT2D eigenvalue weighted by Crippen LogP contribution is -2.50. The molecule has 0 heterocycles. The molecule has 0 bridgehead atoms.